The smallest absolute Gasteiger partial charge is 0.190 e. The molecule has 0 bridgehead atoms. The Labute approximate surface area is 81.9 Å². The molecule has 0 fully saturated rings. The van der Waals surface area contributed by atoms with E-state index in [9.17, 15) is 5.21 Å². The number of hydroxylamine groups is 2. The lowest BCUT2D eigenvalue weighted by atomic mass is 10.2. The van der Waals surface area contributed by atoms with E-state index in [1.54, 1.807) is 24.3 Å². The van der Waals surface area contributed by atoms with E-state index in [-0.39, 0.29) is 0 Å². The molecule has 4 heteroatoms. The molecule has 1 aliphatic rings. The van der Waals surface area contributed by atoms with Crippen molar-refractivity contribution in [2.45, 2.75) is 0 Å². The lowest BCUT2D eigenvalue weighted by Gasteiger charge is -2.33. The van der Waals surface area contributed by atoms with Gasteiger partial charge in [0.05, 0.1) is 18.2 Å². The van der Waals surface area contributed by atoms with Gasteiger partial charge in [-0.3, -0.25) is 4.65 Å². The molecule has 1 aromatic rings. The zero-order valence-electron chi connectivity index (χ0n) is 7.55. The summed E-state index contributed by atoms with van der Waals surface area (Å²) < 4.78 is -0.508. The van der Waals surface area contributed by atoms with Crippen LogP contribution >= 0.6 is 0 Å². The first-order valence-electron chi connectivity index (χ1n) is 4.35. The van der Waals surface area contributed by atoms with Crippen molar-refractivity contribution in [2.75, 3.05) is 13.1 Å². The summed E-state index contributed by atoms with van der Waals surface area (Å²) in [6.45, 7) is 1.02. The van der Waals surface area contributed by atoms with Gasteiger partial charge in [0.1, 0.15) is 12.2 Å². The molecular formula is C10H9N3O. The number of hydrogen-bond donors (Lipinski definition) is 0. The van der Waals surface area contributed by atoms with Gasteiger partial charge in [-0.25, -0.2) is 4.99 Å². The van der Waals surface area contributed by atoms with Crippen LogP contribution in [0.3, 0.4) is 0 Å². The van der Waals surface area contributed by atoms with E-state index in [2.05, 4.69) is 4.99 Å². The summed E-state index contributed by atoms with van der Waals surface area (Å²) in [6, 6.07) is 8.69. The first kappa shape index (κ1) is 8.88. The number of benzene rings is 1. The van der Waals surface area contributed by atoms with Crippen molar-refractivity contribution in [3.05, 3.63) is 35.0 Å². The summed E-state index contributed by atoms with van der Waals surface area (Å²) in [5.74, 6) is 0. The second-order valence-electron chi connectivity index (χ2n) is 3.20. The standard InChI is InChI=1S/C10H9N3O/c11-7-9-1-3-10(4-2-9)13(14)6-5-12-8-13/h1-4,8H,5-6H2. The number of aliphatic imine (C=N–C) groups is 1. The van der Waals surface area contributed by atoms with Crippen LogP contribution in [0.5, 0.6) is 0 Å². The van der Waals surface area contributed by atoms with Crippen molar-refractivity contribution in [3.8, 4) is 6.07 Å². The normalized spacial score (nSPS) is 24.9. The van der Waals surface area contributed by atoms with Crippen LogP contribution < -0.4 is 4.65 Å². The summed E-state index contributed by atoms with van der Waals surface area (Å²) in [6.07, 6.45) is 1.40. The lowest BCUT2D eigenvalue weighted by Crippen LogP contribution is -2.39. The summed E-state index contributed by atoms with van der Waals surface area (Å²) in [5, 5.41) is 20.6. The van der Waals surface area contributed by atoms with Crippen molar-refractivity contribution in [1.82, 2.24) is 4.65 Å². The van der Waals surface area contributed by atoms with Crippen molar-refractivity contribution in [3.63, 3.8) is 0 Å². The minimum atomic E-state index is -0.508. The molecule has 1 aromatic carbocycles. The number of quaternary nitrogens is 1. The van der Waals surface area contributed by atoms with Crippen LogP contribution in [0.4, 0.5) is 5.69 Å². The molecule has 1 aliphatic heterocycles. The van der Waals surface area contributed by atoms with Crippen molar-refractivity contribution in [1.29, 1.82) is 5.26 Å². The SMILES string of the molecule is N#Cc1ccc([N+]2([O-])C=NCC2)cc1. The first-order chi connectivity index (χ1) is 6.74. The largest absolute Gasteiger partial charge is 0.621 e. The molecule has 1 atom stereocenters. The van der Waals surface area contributed by atoms with Gasteiger partial charge in [0, 0.05) is 12.1 Å². The van der Waals surface area contributed by atoms with Gasteiger partial charge in [-0.05, 0) is 12.1 Å². The second kappa shape index (κ2) is 3.22. The number of nitrogens with zero attached hydrogens (tertiary/aromatic N) is 3. The molecule has 1 unspecified atom stereocenters. The fourth-order valence-electron chi connectivity index (χ4n) is 1.44. The zero-order valence-corrected chi connectivity index (χ0v) is 7.55. The predicted octanol–water partition coefficient (Wildman–Crippen LogP) is 1.41. The summed E-state index contributed by atoms with van der Waals surface area (Å²) >= 11 is 0. The van der Waals surface area contributed by atoms with Gasteiger partial charge in [0.15, 0.2) is 6.34 Å². The molecule has 2 rings (SSSR count). The van der Waals surface area contributed by atoms with Crippen molar-refractivity contribution in [2.24, 2.45) is 4.99 Å². The molecule has 0 aromatic heterocycles. The third-order valence-electron chi connectivity index (χ3n) is 2.26. The molecule has 0 saturated heterocycles. The maximum absolute atomic E-state index is 12.0. The van der Waals surface area contributed by atoms with E-state index >= 15 is 0 Å². The molecule has 0 spiro atoms. The monoisotopic (exact) mass is 187 g/mol. The third kappa shape index (κ3) is 1.39. The minimum Gasteiger partial charge on any atom is -0.621 e. The number of hydrogen-bond acceptors (Lipinski definition) is 3. The third-order valence-corrected chi connectivity index (χ3v) is 2.26. The predicted molar refractivity (Wildman–Crippen MR) is 54.5 cm³/mol. The Morgan fingerprint density at radius 2 is 2.07 bits per heavy atom. The second-order valence-corrected chi connectivity index (χ2v) is 3.20. The lowest BCUT2D eigenvalue weighted by molar-refractivity contribution is 0.601. The summed E-state index contributed by atoms with van der Waals surface area (Å²) in [4.78, 5) is 3.93. The highest BCUT2D eigenvalue weighted by Crippen LogP contribution is 2.22. The van der Waals surface area contributed by atoms with Crippen LogP contribution in [-0.4, -0.2) is 19.4 Å². The van der Waals surface area contributed by atoms with Gasteiger partial charge < -0.3 is 5.21 Å². The Kier molecular flexibility index (Phi) is 2.04. The Hall–Kier alpha value is -1.70. The topological polar surface area (TPSA) is 59.2 Å². The van der Waals surface area contributed by atoms with Crippen LogP contribution in [0, 0.1) is 16.5 Å². The molecule has 14 heavy (non-hydrogen) atoms. The van der Waals surface area contributed by atoms with Crippen LogP contribution in [-0.2, 0) is 0 Å². The Balaban J connectivity index is 2.34. The van der Waals surface area contributed by atoms with Crippen LogP contribution in [0.25, 0.3) is 0 Å². The van der Waals surface area contributed by atoms with Gasteiger partial charge in [-0.15, -0.1) is 0 Å². The van der Waals surface area contributed by atoms with Crippen LogP contribution in [0.1, 0.15) is 5.56 Å². The van der Waals surface area contributed by atoms with E-state index in [1.807, 2.05) is 6.07 Å². The molecule has 0 amide bonds. The molecule has 0 N–H and O–H groups in total. The molecule has 0 saturated carbocycles. The maximum Gasteiger partial charge on any atom is 0.190 e. The fourth-order valence-corrected chi connectivity index (χ4v) is 1.44. The first-order valence-corrected chi connectivity index (χ1v) is 4.35. The van der Waals surface area contributed by atoms with Gasteiger partial charge in [-0.2, -0.15) is 5.26 Å². The Morgan fingerprint density at radius 1 is 1.36 bits per heavy atom. The Morgan fingerprint density at radius 3 is 2.57 bits per heavy atom. The van der Waals surface area contributed by atoms with Crippen molar-refractivity contribution >= 4 is 12.0 Å². The average molecular weight is 187 g/mol. The minimum absolute atomic E-state index is 0.450. The van der Waals surface area contributed by atoms with E-state index in [0.717, 1.165) is 0 Å². The molecule has 70 valence electrons. The van der Waals surface area contributed by atoms with E-state index < -0.39 is 4.65 Å². The summed E-state index contributed by atoms with van der Waals surface area (Å²) in [5.41, 5.74) is 1.20. The average Bonchev–Trinajstić information content (AvgIpc) is 2.67. The molecule has 0 aliphatic carbocycles. The highest BCUT2D eigenvalue weighted by Gasteiger charge is 2.21. The van der Waals surface area contributed by atoms with Crippen molar-refractivity contribution < 1.29 is 0 Å². The maximum atomic E-state index is 12.0. The van der Waals surface area contributed by atoms with Crippen LogP contribution in [0.2, 0.25) is 0 Å². The molecule has 1 heterocycles. The molecular weight excluding hydrogens is 178 g/mol. The quantitative estimate of drug-likeness (QED) is 0.493. The van der Waals surface area contributed by atoms with E-state index in [4.69, 9.17) is 5.26 Å². The van der Waals surface area contributed by atoms with E-state index in [1.165, 1.54) is 6.34 Å². The summed E-state index contributed by atoms with van der Waals surface area (Å²) in [7, 11) is 0. The highest BCUT2D eigenvalue weighted by atomic mass is 16.5. The van der Waals surface area contributed by atoms with Gasteiger partial charge in [0.2, 0.25) is 0 Å². The number of rotatable bonds is 1. The van der Waals surface area contributed by atoms with Crippen LogP contribution in [0.15, 0.2) is 29.3 Å². The fraction of sp³-hybridized carbons (Fsp3) is 0.200. The highest BCUT2D eigenvalue weighted by molar-refractivity contribution is 5.76. The molecule has 0 radical (unpaired) electrons. The van der Waals surface area contributed by atoms with Gasteiger partial charge >= 0.3 is 0 Å². The van der Waals surface area contributed by atoms with Gasteiger partial charge in [0.25, 0.3) is 0 Å². The van der Waals surface area contributed by atoms with E-state index in [0.29, 0.717) is 24.3 Å². The number of nitriles is 1. The molecule has 4 nitrogen and oxygen atoms in total. The zero-order chi connectivity index (χ0) is 10.0. The Bertz CT molecular complexity index is 404. The van der Waals surface area contributed by atoms with Gasteiger partial charge in [-0.1, -0.05) is 0 Å².